The van der Waals surface area contributed by atoms with Crippen molar-refractivity contribution in [2.75, 3.05) is 6.61 Å². The quantitative estimate of drug-likeness (QED) is 0.709. The Balaban J connectivity index is 2.15. The average Bonchev–Trinajstić information content (AvgIpc) is 2.48. The van der Waals surface area contributed by atoms with Gasteiger partial charge in [-0.1, -0.05) is 42.8 Å². The molecule has 0 aliphatic carbocycles. The highest BCUT2D eigenvalue weighted by Gasteiger charge is 2.22. The number of aryl methyl sites for hydroxylation is 3. The van der Waals surface area contributed by atoms with E-state index in [1.54, 1.807) is 0 Å². The lowest BCUT2D eigenvalue weighted by Gasteiger charge is -2.18. The molecule has 0 aliphatic heterocycles. The molecule has 0 heterocycles. The van der Waals surface area contributed by atoms with Crippen molar-refractivity contribution < 1.29 is 9.53 Å². The number of benzene rings is 2. The Morgan fingerprint density at radius 3 is 2.18 bits per heavy atom. The van der Waals surface area contributed by atoms with Crippen LogP contribution in [0, 0.1) is 26.7 Å². The molecule has 0 amide bonds. The van der Waals surface area contributed by atoms with Crippen molar-refractivity contribution >= 4 is 5.78 Å². The van der Waals surface area contributed by atoms with Crippen LogP contribution in [0.15, 0.2) is 42.5 Å². The van der Waals surface area contributed by atoms with Crippen molar-refractivity contribution in [1.29, 1.82) is 0 Å². The first kappa shape index (κ1) is 16.3. The smallest absolute Gasteiger partial charge is 0.169 e. The molecule has 22 heavy (non-hydrogen) atoms. The molecule has 2 heteroatoms. The molecule has 2 nitrogen and oxygen atoms in total. The Bertz CT molecular complexity index is 621. The molecule has 0 fully saturated rings. The summed E-state index contributed by atoms with van der Waals surface area (Å²) < 4.78 is 5.78. The second-order valence-electron chi connectivity index (χ2n) is 5.87. The summed E-state index contributed by atoms with van der Waals surface area (Å²) in [5.74, 6) is 0.889. The van der Waals surface area contributed by atoms with Crippen LogP contribution in [-0.2, 0) is 0 Å². The van der Waals surface area contributed by atoms with Crippen molar-refractivity contribution in [2.45, 2.75) is 34.1 Å². The summed E-state index contributed by atoms with van der Waals surface area (Å²) in [5.41, 5.74) is 4.16. The molecule has 2 aromatic carbocycles. The van der Waals surface area contributed by atoms with Crippen molar-refractivity contribution in [2.24, 2.45) is 5.92 Å². The van der Waals surface area contributed by atoms with Gasteiger partial charge < -0.3 is 4.74 Å². The molecule has 0 saturated heterocycles. The van der Waals surface area contributed by atoms with Crippen LogP contribution in [0.1, 0.15) is 40.4 Å². The third-order valence-electron chi connectivity index (χ3n) is 3.98. The zero-order valence-corrected chi connectivity index (χ0v) is 13.8. The van der Waals surface area contributed by atoms with Crippen LogP contribution in [-0.4, -0.2) is 12.4 Å². The molecule has 0 spiro atoms. The van der Waals surface area contributed by atoms with E-state index in [0.717, 1.165) is 28.9 Å². The first-order chi connectivity index (χ1) is 10.5. The number of ketones is 1. The van der Waals surface area contributed by atoms with Gasteiger partial charge in [0.2, 0.25) is 0 Å². The van der Waals surface area contributed by atoms with Gasteiger partial charge in [-0.3, -0.25) is 4.79 Å². The minimum Gasteiger partial charge on any atom is -0.493 e. The van der Waals surface area contributed by atoms with Gasteiger partial charge in [0.1, 0.15) is 5.75 Å². The van der Waals surface area contributed by atoms with E-state index in [1.165, 1.54) is 5.56 Å². The molecule has 0 radical (unpaired) electrons. The van der Waals surface area contributed by atoms with Gasteiger partial charge >= 0.3 is 0 Å². The highest BCUT2D eigenvalue weighted by molar-refractivity contribution is 6.00. The fraction of sp³-hybridized carbons (Fsp3) is 0.350. The molecule has 1 atom stereocenters. The van der Waals surface area contributed by atoms with Crippen LogP contribution in [0.25, 0.3) is 0 Å². The predicted molar refractivity (Wildman–Crippen MR) is 90.7 cm³/mol. The monoisotopic (exact) mass is 296 g/mol. The van der Waals surface area contributed by atoms with E-state index < -0.39 is 0 Å². The third-order valence-corrected chi connectivity index (χ3v) is 3.98. The number of carbonyl (C=O) groups excluding carboxylic acids is 1. The fourth-order valence-corrected chi connectivity index (χ4v) is 2.87. The largest absolute Gasteiger partial charge is 0.493 e. The molecular formula is C20H24O2. The van der Waals surface area contributed by atoms with Crippen LogP contribution in [0.4, 0.5) is 0 Å². The number of ether oxygens (including phenoxy) is 1. The van der Waals surface area contributed by atoms with Gasteiger partial charge in [0.25, 0.3) is 0 Å². The standard InChI is InChI=1S/C20H24O2/c1-5-17(13-22-18-9-7-6-8-10-18)20(21)19-15(3)11-14(2)12-16(19)4/h6-12,17H,5,13H2,1-4H3. The van der Waals surface area contributed by atoms with E-state index >= 15 is 0 Å². The van der Waals surface area contributed by atoms with Gasteiger partial charge in [-0.25, -0.2) is 0 Å². The Morgan fingerprint density at radius 2 is 1.64 bits per heavy atom. The van der Waals surface area contributed by atoms with Crippen molar-refractivity contribution in [3.63, 3.8) is 0 Å². The molecule has 0 aromatic heterocycles. The Morgan fingerprint density at radius 1 is 1.05 bits per heavy atom. The average molecular weight is 296 g/mol. The van der Waals surface area contributed by atoms with Gasteiger partial charge in [-0.15, -0.1) is 0 Å². The lowest BCUT2D eigenvalue weighted by atomic mass is 9.89. The molecular weight excluding hydrogens is 272 g/mol. The lowest BCUT2D eigenvalue weighted by molar-refractivity contribution is 0.0868. The fourth-order valence-electron chi connectivity index (χ4n) is 2.87. The van der Waals surface area contributed by atoms with Crippen molar-refractivity contribution in [1.82, 2.24) is 0 Å². The molecule has 2 rings (SSSR count). The van der Waals surface area contributed by atoms with Crippen molar-refractivity contribution in [3.05, 3.63) is 64.7 Å². The third kappa shape index (κ3) is 3.76. The maximum absolute atomic E-state index is 12.9. The number of para-hydroxylation sites is 1. The van der Waals surface area contributed by atoms with Gasteiger partial charge in [0, 0.05) is 5.56 Å². The first-order valence-corrected chi connectivity index (χ1v) is 7.82. The highest BCUT2D eigenvalue weighted by atomic mass is 16.5. The second-order valence-corrected chi connectivity index (χ2v) is 5.87. The number of carbonyl (C=O) groups is 1. The highest BCUT2D eigenvalue weighted by Crippen LogP contribution is 2.22. The van der Waals surface area contributed by atoms with Gasteiger partial charge in [-0.05, 0) is 50.5 Å². The van der Waals surface area contributed by atoms with E-state index in [0.29, 0.717) is 6.61 Å². The second kappa shape index (κ2) is 7.26. The first-order valence-electron chi connectivity index (χ1n) is 7.82. The number of rotatable bonds is 6. The Hall–Kier alpha value is -2.09. The van der Waals surface area contributed by atoms with Crippen LogP contribution in [0.2, 0.25) is 0 Å². The van der Waals surface area contributed by atoms with Crippen LogP contribution in [0.5, 0.6) is 5.75 Å². The maximum Gasteiger partial charge on any atom is 0.169 e. The number of hydrogen-bond acceptors (Lipinski definition) is 2. The summed E-state index contributed by atoms with van der Waals surface area (Å²) in [6.07, 6.45) is 0.776. The van der Waals surface area contributed by atoms with E-state index in [-0.39, 0.29) is 11.7 Å². The van der Waals surface area contributed by atoms with Crippen LogP contribution >= 0.6 is 0 Å². The Labute approximate surface area is 133 Å². The van der Waals surface area contributed by atoms with E-state index in [2.05, 4.69) is 19.1 Å². The Kier molecular flexibility index (Phi) is 5.37. The van der Waals surface area contributed by atoms with Gasteiger partial charge in [-0.2, -0.15) is 0 Å². The normalized spacial score (nSPS) is 12.0. The summed E-state index contributed by atoms with van der Waals surface area (Å²) in [7, 11) is 0. The van der Waals surface area contributed by atoms with Crippen LogP contribution < -0.4 is 4.74 Å². The SMILES string of the molecule is CCC(COc1ccccc1)C(=O)c1c(C)cc(C)cc1C. The molecule has 116 valence electrons. The van der Waals surface area contributed by atoms with Crippen LogP contribution in [0.3, 0.4) is 0 Å². The topological polar surface area (TPSA) is 26.3 Å². The minimum atomic E-state index is -0.111. The summed E-state index contributed by atoms with van der Waals surface area (Å²) in [6.45, 7) is 8.54. The van der Waals surface area contributed by atoms with Gasteiger partial charge in [0.15, 0.2) is 5.78 Å². The molecule has 2 aromatic rings. The summed E-state index contributed by atoms with van der Waals surface area (Å²) in [4.78, 5) is 12.9. The molecule has 1 unspecified atom stereocenters. The summed E-state index contributed by atoms with van der Waals surface area (Å²) in [6, 6.07) is 13.8. The lowest BCUT2D eigenvalue weighted by Crippen LogP contribution is -2.23. The van der Waals surface area contributed by atoms with E-state index in [4.69, 9.17) is 4.74 Å². The molecule has 0 bridgehead atoms. The van der Waals surface area contributed by atoms with Crippen molar-refractivity contribution in [3.8, 4) is 5.75 Å². The van der Waals surface area contributed by atoms with E-state index in [9.17, 15) is 4.79 Å². The predicted octanol–water partition coefficient (Wildman–Crippen LogP) is 4.90. The maximum atomic E-state index is 12.9. The summed E-state index contributed by atoms with van der Waals surface area (Å²) >= 11 is 0. The van der Waals surface area contributed by atoms with E-state index in [1.807, 2.05) is 51.1 Å². The summed E-state index contributed by atoms with van der Waals surface area (Å²) in [5, 5.41) is 0. The molecule has 0 aliphatic rings. The molecule has 0 N–H and O–H groups in total. The minimum absolute atomic E-state index is 0.111. The zero-order chi connectivity index (χ0) is 16.1. The molecule has 0 saturated carbocycles. The number of hydrogen-bond donors (Lipinski definition) is 0. The zero-order valence-electron chi connectivity index (χ0n) is 13.8. The van der Waals surface area contributed by atoms with Gasteiger partial charge in [0.05, 0.1) is 12.5 Å². The number of Topliss-reactive ketones (excluding diaryl/α,β-unsaturated/α-hetero) is 1.